The number of fused-ring (bicyclic) bond motifs is 1. The molecule has 1 unspecified atom stereocenters. The van der Waals surface area contributed by atoms with Gasteiger partial charge >= 0.3 is 5.76 Å². The van der Waals surface area contributed by atoms with Crippen LogP contribution in [0, 0.1) is 0 Å². The van der Waals surface area contributed by atoms with E-state index >= 15 is 0 Å². The van der Waals surface area contributed by atoms with Crippen LogP contribution in [0.1, 0.15) is 25.7 Å². The van der Waals surface area contributed by atoms with Crippen LogP contribution < -0.4 is 21.9 Å². The Labute approximate surface area is 155 Å². The molecule has 1 atom stereocenters. The molecule has 1 amide bonds. The fourth-order valence-electron chi connectivity index (χ4n) is 2.87. The third-order valence-corrected chi connectivity index (χ3v) is 4.44. The van der Waals surface area contributed by atoms with Crippen LogP contribution in [-0.2, 0) is 16.1 Å². The van der Waals surface area contributed by atoms with Crippen LogP contribution in [0.3, 0.4) is 0 Å². The summed E-state index contributed by atoms with van der Waals surface area (Å²) in [6, 6.07) is 7.22. The molecular formula is C17H22N4O4S. The number of aryl methyl sites for hydroxylation is 1. The van der Waals surface area contributed by atoms with Crippen molar-refractivity contribution in [2.45, 2.75) is 38.3 Å². The molecule has 26 heavy (non-hydrogen) atoms. The van der Waals surface area contributed by atoms with E-state index in [1.165, 1.54) is 4.57 Å². The van der Waals surface area contributed by atoms with Crippen LogP contribution in [0.5, 0.6) is 0 Å². The van der Waals surface area contributed by atoms with Gasteiger partial charge in [0.2, 0.25) is 5.91 Å². The van der Waals surface area contributed by atoms with E-state index in [1.54, 1.807) is 6.07 Å². The maximum atomic E-state index is 11.9. The zero-order valence-corrected chi connectivity index (χ0v) is 15.1. The number of hydrogen-bond donors (Lipinski definition) is 3. The number of hydrogen-bond acceptors (Lipinski definition) is 5. The number of carbonyl (C=O) groups is 1. The van der Waals surface area contributed by atoms with E-state index in [0.717, 1.165) is 25.0 Å². The lowest BCUT2D eigenvalue weighted by molar-refractivity contribution is -0.121. The van der Waals surface area contributed by atoms with Crippen molar-refractivity contribution in [2.24, 2.45) is 0 Å². The summed E-state index contributed by atoms with van der Waals surface area (Å²) >= 11 is 5.10. The average molecular weight is 378 g/mol. The largest absolute Gasteiger partial charge is 0.419 e. The number of benzene rings is 1. The van der Waals surface area contributed by atoms with E-state index in [0.29, 0.717) is 30.2 Å². The number of ether oxygens (including phenoxy) is 1. The molecule has 1 saturated heterocycles. The molecule has 2 heterocycles. The molecule has 0 aliphatic carbocycles. The maximum Gasteiger partial charge on any atom is 0.419 e. The van der Waals surface area contributed by atoms with E-state index in [9.17, 15) is 9.59 Å². The minimum atomic E-state index is -0.413. The molecular weight excluding hydrogens is 356 g/mol. The van der Waals surface area contributed by atoms with Crippen LogP contribution in [0.2, 0.25) is 0 Å². The molecule has 8 nitrogen and oxygen atoms in total. The van der Waals surface area contributed by atoms with Crippen molar-refractivity contribution in [3.05, 3.63) is 34.8 Å². The lowest BCUT2D eigenvalue weighted by atomic mass is 10.2. The minimum Gasteiger partial charge on any atom is -0.408 e. The first kappa shape index (κ1) is 18.4. The first-order chi connectivity index (χ1) is 12.6. The molecule has 9 heteroatoms. The van der Waals surface area contributed by atoms with Gasteiger partial charge in [-0.25, -0.2) is 4.79 Å². The SMILES string of the molecule is O=C(CCCn1c(=O)oc2ccccc21)NNC(=S)NCC1CCCO1. The van der Waals surface area contributed by atoms with E-state index in [1.807, 2.05) is 18.2 Å². The number of thiocarbonyl (C=S) groups is 1. The number of para-hydroxylation sites is 2. The first-order valence-electron chi connectivity index (χ1n) is 8.66. The second-order valence-electron chi connectivity index (χ2n) is 6.11. The van der Waals surface area contributed by atoms with E-state index in [4.69, 9.17) is 21.4 Å². The van der Waals surface area contributed by atoms with E-state index < -0.39 is 5.76 Å². The monoisotopic (exact) mass is 378 g/mol. The Kier molecular flexibility index (Phi) is 6.24. The molecule has 0 bridgehead atoms. The Morgan fingerprint density at radius 3 is 2.96 bits per heavy atom. The Morgan fingerprint density at radius 2 is 2.15 bits per heavy atom. The lowest BCUT2D eigenvalue weighted by Gasteiger charge is -2.14. The van der Waals surface area contributed by atoms with Gasteiger partial charge in [-0.15, -0.1) is 0 Å². The summed E-state index contributed by atoms with van der Waals surface area (Å²) in [7, 11) is 0. The van der Waals surface area contributed by atoms with Crippen molar-refractivity contribution >= 4 is 34.3 Å². The normalized spacial score (nSPS) is 16.5. The van der Waals surface area contributed by atoms with Crippen molar-refractivity contribution in [3.8, 4) is 0 Å². The predicted molar refractivity (Wildman–Crippen MR) is 101 cm³/mol. The third-order valence-electron chi connectivity index (χ3n) is 4.19. The molecule has 0 spiro atoms. The zero-order chi connectivity index (χ0) is 18.4. The zero-order valence-electron chi connectivity index (χ0n) is 14.3. The van der Waals surface area contributed by atoms with Crippen molar-refractivity contribution in [3.63, 3.8) is 0 Å². The van der Waals surface area contributed by atoms with Gasteiger partial charge in [-0.2, -0.15) is 0 Å². The van der Waals surface area contributed by atoms with Gasteiger partial charge in [0, 0.05) is 26.1 Å². The molecule has 140 valence electrons. The molecule has 1 fully saturated rings. The molecule has 3 N–H and O–H groups in total. The summed E-state index contributed by atoms with van der Waals surface area (Å²) in [4.78, 5) is 23.7. The summed E-state index contributed by atoms with van der Waals surface area (Å²) in [5.74, 6) is -0.614. The molecule has 0 radical (unpaired) electrons. The molecule has 1 aromatic carbocycles. The first-order valence-corrected chi connectivity index (χ1v) is 9.07. The highest BCUT2D eigenvalue weighted by molar-refractivity contribution is 7.80. The number of aromatic nitrogens is 1. The maximum absolute atomic E-state index is 11.9. The summed E-state index contributed by atoms with van der Waals surface area (Å²) in [6.45, 7) is 1.82. The van der Waals surface area contributed by atoms with E-state index in [2.05, 4.69) is 16.2 Å². The van der Waals surface area contributed by atoms with Gasteiger partial charge in [-0.3, -0.25) is 20.2 Å². The van der Waals surface area contributed by atoms with Gasteiger partial charge in [0.1, 0.15) is 0 Å². The third kappa shape index (κ3) is 4.83. The summed E-state index contributed by atoms with van der Waals surface area (Å²) < 4.78 is 12.2. The van der Waals surface area contributed by atoms with Crippen molar-refractivity contribution in [1.82, 2.24) is 20.7 Å². The summed E-state index contributed by atoms with van der Waals surface area (Å²) in [5.41, 5.74) is 6.49. The van der Waals surface area contributed by atoms with Gasteiger partial charge in [0.05, 0.1) is 11.6 Å². The molecule has 1 aliphatic heterocycles. The van der Waals surface area contributed by atoms with Gasteiger partial charge in [-0.1, -0.05) is 12.1 Å². The Hall–Kier alpha value is -2.39. The van der Waals surface area contributed by atoms with Crippen LogP contribution in [0.15, 0.2) is 33.5 Å². The highest BCUT2D eigenvalue weighted by Crippen LogP contribution is 2.12. The van der Waals surface area contributed by atoms with Crippen molar-refractivity contribution in [1.29, 1.82) is 0 Å². The van der Waals surface area contributed by atoms with Gasteiger partial charge in [0.15, 0.2) is 10.7 Å². The van der Waals surface area contributed by atoms with Gasteiger partial charge < -0.3 is 14.5 Å². The standard InChI is InChI=1S/C17H22N4O4S/c22-15(19-20-16(26)18-11-12-5-4-10-24-12)8-3-9-21-13-6-1-2-7-14(13)25-17(21)23/h1-2,6-7,12H,3-5,8-11H2,(H,19,22)(H2,18,20,26). The average Bonchev–Trinajstić information content (AvgIpc) is 3.26. The van der Waals surface area contributed by atoms with Gasteiger partial charge in [-0.05, 0) is 43.6 Å². The number of nitrogens with one attached hydrogen (secondary N) is 3. The molecule has 2 aromatic rings. The molecule has 0 saturated carbocycles. The Morgan fingerprint density at radius 1 is 1.31 bits per heavy atom. The summed E-state index contributed by atoms with van der Waals surface area (Å²) in [6.07, 6.45) is 3.02. The molecule has 3 rings (SSSR count). The summed E-state index contributed by atoms with van der Waals surface area (Å²) in [5, 5.41) is 3.36. The number of oxazole rings is 1. The number of amides is 1. The highest BCUT2D eigenvalue weighted by atomic mass is 32.1. The molecule has 1 aliphatic rings. The smallest absolute Gasteiger partial charge is 0.408 e. The fraction of sp³-hybridized carbons (Fsp3) is 0.471. The Bertz CT molecular complexity index is 826. The number of rotatable bonds is 6. The van der Waals surface area contributed by atoms with Crippen LogP contribution in [-0.4, -0.2) is 34.8 Å². The number of nitrogens with zero attached hydrogens (tertiary/aromatic N) is 1. The topological polar surface area (TPSA) is 97.5 Å². The molecule has 1 aromatic heterocycles. The van der Waals surface area contributed by atoms with Crippen LogP contribution in [0.4, 0.5) is 0 Å². The Balaban J connectivity index is 1.36. The van der Waals surface area contributed by atoms with Crippen LogP contribution >= 0.6 is 12.2 Å². The van der Waals surface area contributed by atoms with Crippen molar-refractivity contribution < 1.29 is 13.9 Å². The number of hydrazine groups is 1. The van der Waals surface area contributed by atoms with E-state index in [-0.39, 0.29) is 18.4 Å². The van der Waals surface area contributed by atoms with Gasteiger partial charge in [0.25, 0.3) is 0 Å². The highest BCUT2D eigenvalue weighted by Gasteiger charge is 2.15. The second-order valence-corrected chi connectivity index (χ2v) is 6.52. The number of carbonyl (C=O) groups excluding carboxylic acids is 1. The lowest BCUT2D eigenvalue weighted by Crippen LogP contribution is -2.48. The quantitative estimate of drug-likeness (QED) is 0.511. The fourth-order valence-corrected chi connectivity index (χ4v) is 3.00. The predicted octanol–water partition coefficient (Wildman–Crippen LogP) is 1.05. The van der Waals surface area contributed by atoms with Crippen molar-refractivity contribution in [2.75, 3.05) is 13.2 Å². The van der Waals surface area contributed by atoms with Crippen LogP contribution in [0.25, 0.3) is 11.1 Å². The minimum absolute atomic E-state index is 0.175. The second kappa shape index (κ2) is 8.81.